The van der Waals surface area contributed by atoms with Crippen molar-refractivity contribution >= 4 is 5.69 Å². The molecule has 0 fully saturated rings. The van der Waals surface area contributed by atoms with E-state index in [9.17, 15) is 13.2 Å². The molecule has 112 valence electrons. The van der Waals surface area contributed by atoms with Crippen LogP contribution in [-0.4, -0.2) is 7.11 Å². The van der Waals surface area contributed by atoms with E-state index in [1.165, 1.54) is 0 Å². The summed E-state index contributed by atoms with van der Waals surface area (Å²) in [5, 5.41) is 2.94. The van der Waals surface area contributed by atoms with Crippen molar-refractivity contribution in [1.29, 1.82) is 0 Å². The molecule has 0 radical (unpaired) electrons. The smallest absolute Gasteiger partial charge is 0.194 e. The molecule has 2 rings (SSSR count). The van der Waals surface area contributed by atoms with Crippen molar-refractivity contribution in [3.05, 3.63) is 58.9 Å². The molecule has 0 saturated carbocycles. The number of hydrogen-bond acceptors (Lipinski definition) is 2. The van der Waals surface area contributed by atoms with Gasteiger partial charge in [0.1, 0.15) is 5.75 Å². The summed E-state index contributed by atoms with van der Waals surface area (Å²) in [5.41, 5.74) is 2.06. The molecule has 0 aliphatic carbocycles. The molecule has 0 heterocycles. The first kappa shape index (κ1) is 15.2. The standard InChI is InChI=1S/C16H16F3NO/c1-9-4-5-15(21-3)12(6-9)10(2)20-11-7-13(17)16(19)14(18)8-11/h4-8,10,20H,1-3H3. The zero-order valence-corrected chi connectivity index (χ0v) is 12.0. The van der Waals surface area contributed by atoms with E-state index >= 15 is 0 Å². The molecule has 0 amide bonds. The molecule has 0 aliphatic rings. The number of nitrogens with one attached hydrogen (secondary N) is 1. The summed E-state index contributed by atoms with van der Waals surface area (Å²) >= 11 is 0. The van der Waals surface area contributed by atoms with Crippen molar-refractivity contribution in [2.45, 2.75) is 19.9 Å². The van der Waals surface area contributed by atoms with E-state index < -0.39 is 17.5 Å². The fourth-order valence-electron chi connectivity index (χ4n) is 2.16. The van der Waals surface area contributed by atoms with E-state index in [4.69, 9.17) is 4.74 Å². The topological polar surface area (TPSA) is 21.3 Å². The van der Waals surface area contributed by atoms with Gasteiger partial charge in [0, 0.05) is 23.4 Å². The molecular formula is C16H16F3NO. The molecule has 0 aromatic heterocycles. The van der Waals surface area contributed by atoms with Gasteiger partial charge >= 0.3 is 0 Å². The van der Waals surface area contributed by atoms with Gasteiger partial charge in [-0.25, -0.2) is 13.2 Å². The van der Waals surface area contributed by atoms with Gasteiger partial charge in [-0.1, -0.05) is 17.7 Å². The second-order valence-electron chi connectivity index (χ2n) is 4.87. The van der Waals surface area contributed by atoms with Crippen molar-refractivity contribution < 1.29 is 17.9 Å². The van der Waals surface area contributed by atoms with Gasteiger partial charge < -0.3 is 10.1 Å². The van der Waals surface area contributed by atoms with Crippen LogP contribution in [0.2, 0.25) is 0 Å². The maximum Gasteiger partial charge on any atom is 0.194 e. The first-order chi connectivity index (χ1) is 9.92. The highest BCUT2D eigenvalue weighted by Gasteiger charge is 2.15. The van der Waals surface area contributed by atoms with E-state index in [1.807, 2.05) is 32.0 Å². The molecule has 0 spiro atoms. The zero-order valence-electron chi connectivity index (χ0n) is 12.0. The molecule has 5 heteroatoms. The lowest BCUT2D eigenvalue weighted by Gasteiger charge is -2.19. The van der Waals surface area contributed by atoms with Crippen LogP contribution in [0, 0.1) is 24.4 Å². The van der Waals surface area contributed by atoms with Crippen LogP contribution in [0.15, 0.2) is 30.3 Å². The SMILES string of the molecule is COc1ccc(C)cc1C(C)Nc1cc(F)c(F)c(F)c1. The lowest BCUT2D eigenvalue weighted by Crippen LogP contribution is -2.09. The third-order valence-electron chi connectivity index (χ3n) is 3.22. The fourth-order valence-corrected chi connectivity index (χ4v) is 2.16. The third-order valence-corrected chi connectivity index (χ3v) is 3.22. The quantitative estimate of drug-likeness (QED) is 0.833. The highest BCUT2D eigenvalue weighted by atomic mass is 19.2. The van der Waals surface area contributed by atoms with Gasteiger partial charge in [0.25, 0.3) is 0 Å². The van der Waals surface area contributed by atoms with E-state index in [1.54, 1.807) is 7.11 Å². The Kier molecular flexibility index (Phi) is 4.40. The summed E-state index contributed by atoms with van der Waals surface area (Å²) in [4.78, 5) is 0. The summed E-state index contributed by atoms with van der Waals surface area (Å²) in [6.45, 7) is 3.77. The first-order valence-corrected chi connectivity index (χ1v) is 6.48. The average Bonchev–Trinajstić information content (AvgIpc) is 2.44. The summed E-state index contributed by atoms with van der Waals surface area (Å²) in [6, 6.07) is 7.26. The molecule has 21 heavy (non-hydrogen) atoms. The van der Waals surface area contributed by atoms with Gasteiger partial charge in [0.05, 0.1) is 13.2 Å². The second-order valence-corrected chi connectivity index (χ2v) is 4.87. The second kappa shape index (κ2) is 6.08. The molecule has 1 N–H and O–H groups in total. The van der Waals surface area contributed by atoms with Gasteiger partial charge in [0.2, 0.25) is 0 Å². The summed E-state index contributed by atoms with van der Waals surface area (Å²) < 4.78 is 44.7. The van der Waals surface area contributed by atoms with Gasteiger partial charge in [-0.2, -0.15) is 0 Å². The summed E-state index contributed by atoms with van der Waals surface area (Å²) in [6.07, 6.45) is 0. The molecule has 0 bridgehead atoms. The Labute approximate surface area is 121 Å². The third kappa shape index (κ3) is 3.29. The number of anilines is 1. The Morgan fingerprint density at radius 2 is 1.67 bits per heavy atom. The van der Waals surface area contributed by atoms with Crippen molar-refractivity contribution in [1.82, 2.24) is 0 Å². The number of rotatable bonds is 4. The molecule has 2 nitrogen and oxygen atoms in total. The Balaban J connectivity index is 2.30. The predicted molar refractivity (Wildman–Crippen MR) is 76.1 cm³/mol. The molecular weight excluding hydrogens is 279 g/mol. The largest absolute Gasteiger partial charge is 0.496 e. The Hall–Kier alpha value is -2.17. The minimum absolute atomic E-state index is 0.169. The van der Waals surface area contributed by atoms with Crippen molar-refractivity contribution in [2.24, 2.45) is 0 Å². The summed E-state index contributed by atoms with van der Waals surface area (Å²) in [7, 11) is 1.55. The van der Waals surface area contributed by atoms with Gasteiger partial charge in [-0.3, -0.25) is 0 Å². The van der Waals surface area contributed by atoms with E-state index in [-0.39, 0.29) is 11.7 Å². The zero-order chi connectivity index (χ0) is 15.6. The normalized spacial score (nSPS) is 12.1. The average molecular weight is 295 g/mol. The predicted octanol–water partition coefficient (Wildman–Crippen LogP) is 4.59. The van der Waals surface area contributed by atoms with Crippen LogP contribution in [0.3, 0.4) is 0 Å². The minimum atomic E-state index is -1.47. The molecule has 2 aromatic rings. The van der Waals surface area contributed by atoms with Crippen LogP contribution in [0.4, 0.5) is 18.9 Å². The highest BCUT2D eigenvalue weighted by Crippen LogP contribution is 2.29. The van der Waals surface area contributed by atoms with Crippen LogP contribution in [0.5, 0.6) is 5.75 Å². The van der Waals surface area contributed by atoms with Crippen LogP contribution in [-0.2, 0) is 0 Å². The number of ether oxygens (including phenoxy) is 1. The number of methoxy groups -OCH3 is 1. The number of halogens is 3. The van der Waals surface area contributed by atoms with E-state index in [0.717, 1.165) is 23.3 Å². The fraction of sp³-hybridized carbons (Fsp3) is 0.250. The van der Waals surface area contributed by atoms with E-state index in [0.29, 0.717) is 5.75 Å². The lowest BCUT2D eigenvalue weighted by atomic mass is 10.0. The minimum Gasteiger partial charge on any atom is -0.496 e. The maximum atomic E-state index is 13.2. The van der Waals surface area contributed by atoms with Crippen LogP contribution in [0.25, 0.3) is 0 Å². The van der Waals surface area contributed by atoms with Gasteiger partial charge in [-0.05, 0) is 19.9 Å². The van der Waals surface area contributed by atoms with Crippen molar-refractivity contribution in [3.8, 4) is 5.75 Å². The first-order valence-electron chi connectivity index (χ1n) is 6.48. The monoisotopic (exact) mass is 295 g/mol. The van der Waals surface area contributed by atoms with Gasteiger partial charge in [0.15, 0.2) is 17.5 Å². The van der Waals surface area contributed by atoms with Crippen LogP contribution < -0.4 is 10.1 Å². The Morgan fingerprint density at radius 1 is 1.05 bits per heavy atom. The van der Waals surface area contributed by atoms with Gasteiger partial charge in [-0.15, -0.1) is 0 Å². The number of hydrogen-bond donors (Lipinski definition) is 1. The lowest BCUT2D eigenvalue weighted by molar-refractivity contribution is 0.407. The van der Waals surface area contributed by atoms with E-state index in [2.05, 4.69) is 5.32 Å². The Morgan fingerprint density at radius 3 is 2.24 bits per heavy atom. The maximum absolute atomic E-state index is 13.2. The van der Waals surface area contributed by atoms with Crippen LogP contribution >= 0.6 is 0 Å². The molecule has 0 saturated heterocycles. The molecule has 1 atom stereocenters. The Bertz CT molecular complexity index is 635. The summed E-state index contributed by atoms with van der Waals surface area (Å²) in [5.74, 6) is -3.24. The molecule has 2 aromatic carbocycles. The number of benzene rings is 2. The molecule has 0 aliphatic heterocycles. The van der Waals surface area contributed by atoms with Crippen LogP contribution in [0.1, 0.15) is 24.1 Å². The van der Waals surface area contributed by atoms with Crippen molar-refractivity contribution in [2.75, 3.05) is 12.4 Å². The number of aryl methyl sites for hydroxylation is 1. The molecule has 1 unspecified atom stereocenters. The highest BCUT2D eigenvalue weighted by molar-refractivity contribution is 5.49. The van der Waals surface area contributed by atoms with Crippen molar-refractivity contribution in [3.63, 3.8) is 0 Å².